The molecule has 0 spiro atoms. The minimum Gasteiger partial charge on any atom is -0.304 e. The summed E-state index contributed by atoms with van der Waals surface area (Å²) >= 11 is 0. The minimum absolute atomic E-state index is 1.22. The van der Waals surface area contributed by atoms with Crippen molar-refractivity contribution in [2.24, 2.45) is 0 Å². The van der Waals surface area contributed by atoms with Crippen molar-refractivity contribution in [1.82, 2.24) is 4.90 Å². The molecule has 0 aromatic rings. The zero-order valence-electron chi connectivity index (χ0n) is 11.0. The van der Waals surface area contributed by atoms with E-state index in [4.69, 9.17) is 0 Å². The molecule has 0 amide bonds. The van der Waals surface area contributed by atoms with E-state index >= 15 is 0 Å². The van der Waals surface area contributed by atoms with Gasteiger partial charge in [-0.05, 0) is 26.1 Å². The van der Waals surface area contributed by atoms with Crippen molar-refractivity contribution in [3.8, 4) is 0 Å². The van der Waals surface area contributed by atoms with E-state index in [0.717, 1.165) is 0 Å². The van der Waals surface area contributed by atoms with E-state index in [0.29, 0.717) is 0 Å². The first-order valence-corrected chi connectivity index (χ1v) is 8.19. The second-order valence-electron chi connectivity index (χ2n) is 4.19. The molecule has 0 aromatic heterocycles. The van der Waals surface area contributed by atoms with Gasteiger partial charge in [-0.1, -0.05) is 58.5 Å². The van der Waals surface area contributed by atoms with Crippen LogP contribution < -0.4 is 0 Å². The van der Waals surface area contributed by atoms with Crippen LogP contribution in [0.15, 0.2) is 0 Å². The summed E-state index contributed by atoms with van der Waals surface area (Å²) in [7, 11) is 1.22. The van der Waals surface area contributed by atoms with E-state index in [-0.39, 0.29) is 0 Å². The molecule has 0 N–H and O–H groups in total. The van der Waals surface area contributed by atoms with Gasteiger partial charge >= 0.3 is 0 Å². The molecule has 0 aliphatic heterocycles. The van der Waals surface area contributed by atoms with Gasteiger partial charge in [0.15, 0.2) is 0 Å². The molecule has 0 aliphatic rings. The van der Waals surface area contributed by atoms with Gasteiger partial charge < -0.3 is 4.90 Å². The molecule has 90 valence electrons. The largest absolute Gasteiger partial charge is 0.304 e. The molecule has 0 saturated heterocycles. The molecule has 1 nitrogen and oxygen atoms in total. The zero-order chi connectivity index (χ0) is 11.4. The molecule has 0 heterocycles. The van der Waals surface area contributed by atoms with Gasteiger partial charge in [0, 0.05) is 9.52 Å². The molecular weight excluding hydrogens is 198 g/mol. The lowest BCUT2D eigenvalue weighted by molar-refractivity contribution is 0.304. The van der Waals surface area contributed by atoms with Crippen molar-refractivity contribution in [3.63, 3.8) is 0 Å². The van der Waals surface area contributed by atoms with Crippen molar-refractivity contribution in [2.45, 2.75) is 65.0 Å². The summed E-state index contributed by atoms with van der Waals surface area (Å²) in [6.07, 6.45) is 7.14. The normalized spacial score (nSPS) is 11.2. The minimum atomic E-state index is 1.22. The topological polar surface area (TPSA) is 3.24 Å². The molecule has 0 rings (SSSR count). The van der Waals surface area contributed by atoms with Crippen LogP contribution in [0.3, 0.4) is 0 Å². The first-order chi connectivity index (χ1) is 7.35. The predicted molar refractivity (Wildman–Crippen MR) is 71.9 cm³/mol. The van der Waals surface area contributed by atoms with Gasteiger partial charge in [0.1, 0.15) is 0 Å². The van der Waals surface area contributed by atoms with Crippen molar-refractivity contribution in [2.75, 3.05) is 19.6 Å². The summed E-state index contributed by atoms with van der Waals surface area (Å²) in [4.78, 5) is 2.53. The van der Waals surface area contributed by atoms with Crippen molar-refractivity contribution < 1.29 is 0 Å². The van der Waals surface area contributed by atoms with Gasteiger partial charge in [-0.3, -0.25) is 0 Å². The summed E-state index contributed by atoms with van der Waals surface area (Å²) in [6.45, 7) is 10.6. The molecule has 0 unspecified atom stereocenters. The maximum absolute atomic E-state index is 2.53. The highest BCUT2D eigenvalue weighted by Gasteiger charge is 1.98. The highest BCUT2D eigenvalue weighted by Crippen LogP contribution is 2.04. The average Bonchev–Trinajstić information content (AvgIpc) is 2.27. The van der Waals surface area contributed by atoms with Gasteiger partial charge in [0.2, 0.25) is 0 Å². The van der Waals surface area contributed by atoms with Gasteiger partial charge in [0.05, 0.1) is 0 Å². The van der Waals surface area contributed by atoms with Crippen LogP contribution >= 0.6 is 0 Å². The smallest absolute Gasteiger partial charge is 0.0378 e. The molecule has 0 atom stereocenters. The van der Waals surface area contributed by atoms with E-state index in [2.05, 4.69) is 25.7 Å². The Kier molecular flexibility index (Phi) is 12.4. The summed E-state index contributed by atoms with van der Waals surface area (Å²) in [5.74, 6) is 0. The molecular formula is C13H29NSi. The molecule has 0 fully saturated rings. The Morgan fingerprint density at radius 3 is 2.07 bits per heavy atom. The van der Waals surface area contributed by atoms with E-state index < -0.39 is 0 Å². The van der Waals surface area contributed by atoms with Crippen LogP contribution in [-0.4, -0.2) is 34.1 Å². The quantitative estimate of drug-likeness (QED) is 0.383. The van der Waals surface area contributed by atoms with Gasteiger partial charge in [-0.25, -0.2) is 0 Å². The predicted octanol–water partition coefficient (Wildman–Crippen LogP) is 3.84. The maximum atomic E-state index is 2.53. The van der Waals surface area contributed by atoms with Crippen molar-refractivity contribution in [1.29, 1.82) is 0 Å². The Morgan fingerprint density at radius 2 is 1.47 bits per heavy atom. The fourth-order valence-corrected chi connectivity index (χ4v) is 2.93. The van der Waals surface area contributed by atoms with E-state index in [1.54, 1.807) is 0 Å². The lowest BCUT2D eigenvalue weighted by atomic mass is 10.2. The number of hydrogen-bond donors (Lipinski definition) is 0. The number of nitrogens with zero attached hydrogens (tertiary/aromatic N) is 1. The second kappa shape index (κ2) is 12.2. The van der Waals surface area contributed by atoms with Gasteiger partial charge in [-0.15, -0.1) is 0 Å². The molecule has 0 aromatic carbocycles. The highest BCUT2D eigenvalue weighted by molar-refractivity contribution is 6.35. The first kappa shape index (κ1) is 15.2. The lowest BCUT2D eigenvalue weighted by Crippen LogP contribution is -2.24. The summed E-state index contributed by atoms with van der Waals surface area (Å²) < 4.78 is 0. The van der Waals surface area contributed by atoms with E-state index in [1.807, 2.05) is 0 Å². The summed E-state index contributed by atoms with van der Waals surface area (Å²) in [5, 5.41) is 0. The number of rotatable bonds is 11. The molecule has 0 bridgehead atoms. The molecule has 2 heteroatoms. The monoisotopic (exact) mass is 227 g/mol. The zero-order valence-corrected chi connectivity index (χ0v) is 12.0. The Bertz CT molecular complexity index is 113. The fraction of sp³-hybridized carbons (Fsp3) is 1.00. The molecule has 0 saturated carbocycles. The second-order valence-corrected chi connectivity index (χ2v) is 5.69. The lowest BCUT2D eigenvalue weighted by Gasteiger charge is -2.17. The summed E-state index contributed by atoms with van der Waals surface area (Å²) in [5.41, 5.74) is 0. The van der Waals surface area contributed by atoms with Crippen LogP contribution in [0.2, 0.25) is 12.1 Å². The third-order valence-electron chi connectivity index (χ3n) is 2.93. The highest BCUT2D eigenvalue weighted by atomic mass is 28.2. The average molecular weight is 227 g/mol. The Labute approximate surface area is 99.5 Å². The maximum Gasteiger partial charge on any atom is 0.0378 e. The third kappa shape index (κ3) is 10.5. The summed E-state index contributed by atoms with van der Waals surface area (Å²) in [6, 6.07) is 2.95. The van der Waals surface area contributed by atoms with Crippen molar-refractivity contribution >= 4 is 9.52 Å². The molecule has 15 heavy (non-hydrogen) atoms. The van der Waals surface area contributed by atoms with Crippen molar-refractivity contribution in [3.05, 3.63) is 0 Å². The Balaban J connectivity index is 3.04. The standard InChI is InChI=1S/C13H29NSi/c1-4-7-8-9-12-15-13-10-11-14(5-2)6-3/h4-13H2,1-3H3. The van der Waals surface area contributed by atoms with Crippen LogP contribution in [0.5, 0.6) is 0 Å². The van der Waals surface area contributed by atoms with Crippen LogP contribution in [0, 0.1) is 0 Å². The van der Waals surface area contributed by atoms with E-state index in [1.165, 1.54) is 73.3 Å². The van der Waals surface area contributed by atoms with Crippen LogP contribution in [-0.2, 0) is 0 Å². The van der Waals surface area contributed by atoms with E-state index in [9.17, 15) is 0 Å². The Hall–Kier alpha value is 0.177. The number of hydrogen-bond acceptors (Lipinski definition) is 1. The molecule has 0 aliphatic carbocycles. The van der Waals surface area contributed by atoms with Crippen LogP contribution in [0.4, 0.5) is 0 Å². The Morgan fingerprint density at radius 1 is 0.800 bits per heavy atom. The number of unbranched alkanes of at least 4 members (excludes halogenated alkanes) is 3. The van der Waals surface area contributed by atoms with Gasteiger partial charge in [0.25, 0.3) is 0 Å². The third-order valence-corrected chi connectivity index (χ3v) is 4.34. The fourth-order valence-electron chi connectivity index (χ4n) is 1.77. The molecule has 2 radical (unpaired) electrons. The van der Waals surface area contributed by atoms with Crippen LogP contribution in [0.25, 0.3) is 0 Å². The SMILES string of the molecule is CCCCCC[Si]CCCN(CC)CC. The first-order valence-electron chi connectivity index (χ1n) is 6.78. The van der Waals surface area contributed by atoms with Gasteiger partial charge in [-0.2, -0.15) is 0 Å². The van der Waals surface area contributed by atoms with Crippen LogP contribution in [0.1, 0.15) is 52.9 Å².